The highest BCUT2D eigenvalue weighted by molar-refractivity contribution is 6.08. The number of halogens is 1. The van der Waals surface area contributed by atoms with Crippen LogP contribution >= 0.6 is 0 Å². The number of phenolic OH excluding ortho intramolecular Hbond substituents is 2. The van der Waals surface area contributed by atoms with Crippen molar-refractivity contribution in [2.24, 2.45) is 0 Å². The molecule has 2 aromatic rings. The number of aromatic hydroxyl groups is 2. The molecule has 0 aliphatic rings. The van der Waals surface area contributed by atoms with Crippen LogP contribution in [0, 0.1) is 5.82 Å². The van der Waals surface area contributed by atoms with Crippen LogP contribution in [0.2, 0.25) is 0 Å². The van der Waals surface area contributed by atoms with Gasteiger partial charge in [0.25, 0.3) is 5.91 Å². The van der Waals surface area contributed by atoms with Gasteiger partial charge in [-0.25, -0.2) is 4.39 Å². The Morgan fingerprint density at radius 3 is 2.55 bits per heavy atom. The Labute approximate surface area is 115 Å². The highest BCUT2D eigenvalue weighted by atomic mass is 19.1. The molecule has 1 amide bonds. The molecular formula is C15H14FNO3. The summed E-state index contributed by atoms with van der Waals surface area (Å²) in [5, 5.41) is 19.1. The highest BCUT2D eigenvalue weighted by Crippen LogP contribution is 2.27. The molecule has 0 spiro atoms. The smallest absolute Gasteiger partial charge is 0.262 e. The van der Waals surface area contributed by atoms with E-state index in [0.29, 0.717) is 0 Å². The van der Waals surface area contributed by atoms with Gasteiger partial charge in [0.1, 0.15) is 17.3 Å². The van der Waals surface area contributed by atoms with Crippen LogP contribution in [0.3, 0.4) is 0 Å². The van der Waals surface area contributed by atoms with E-state index in [9.17, 15) is 19.4 Å². The summed E-state index contributed by atoms with van der Waals surface area (Å²) in [6.07, 6.45) is 0. The standard InChI is InChI=1S/C15H14FNO3/c1-2-17(13-6-4-3-5-12(13)16)15(20)11-9-10(18)7-8-14(11)19/h3-9,18-19H,2H2,1H3. The first-order chi connectivity index (χ1) is 9.54. The number of amides is 1. The second-order valence-corrected chi connectivity index (χ2v) is 4.20. The van der Waals surface area contributed by atoms with Crippen molar-refractivity contribution in [2.75, 3.05) is 11.4 Å². The van der Waals surface area contributed by atoms with E-state index in [2.05, 4.69) is 0 Å². The Bertz CT molecular complexity index is 643. The van der Waals surface area contributed by atoms with Crippen LogP contribution in [0.4, 0.5) is 10.1 Å². The summed E-state index contributed by atoms with van der Waals surface area (Å²) < 4.78 is 13.8. The Kier molecular flexibility index (Phi) is 3.89. The molecule has 104 valence electrons. The Balaban J connectivity index is 2.45. The highest BCUT2D eigenvalue weighted by Gasteiger charge is 2.21. The molecule has 0 saturated carbocycles. The molecule has 0 aromatic heterocycles. The van der Waals surface area contributed by atoms with Gasteiger partial charge in [0.15, 0.2) is 0 Å². The largest absolute Gasteiger partial charge is 0.508 e. The number of carbonyl (C=O) groups excluding carboxylic acids is 1. The average molecular weight is 275 g/mol. The van der Waals surface area contributed by atoms with Crippen LogP contribution in [0.5, 0.6) is 11.5 Å². The summed E-state index contributed by atoms with van der Waals surface area (Å²) >= 11 is 0. The molecule has 0 heterocycles. The maximum Gasteiger partial charge on any atom is 0.262 e. The molecule has 20 heavy (non-hydrogen) atoms. The molecule has 4 nitrogen and oxygen atoms in total. The number of para-hydroxylation sites is 1. The van der Waals surface area contributed by atoms with E-state index < -0.39 is 11.7 Å². The van der Waals surface area contributed by atoms with Crippen LogP contribution in [-0.2, 0) is 0 Å². The van der Waals surface area contributed by atoms with Gasteiger partial charge in [-0.3, -0.25) is 4.79 Å². The van der Waals surface area contributed by atoms with Crippen LogP contribution in [-0.4, -0.2) is 22.7 Å². The molecule has 0 fully saturated rings. The topological polar surface area (TPSA) is 60.8 Å². The maximum absolute atomic E-state index is 13.8. The minimum atomic E-state index is -0.578. The lowest BCUT2D eigenvalue weighted by molar-refractivity contribution is 0.0984. The second-order valence-electron chi connectivity index (χ2n) is 4.20. The van der Waals surface area contributed by atoms with Crippen LogP contribution in [0.25, 0.3) is 0 Å². The molecule has 2 aromatic carbocycles. The summed E-state index contributed by atoms with van der Waals surface area (Å²) in [4.78, 5) is 13.6. The number of hydrogen-bond acceptors (Lipinski definition) is 3. The summed E-state index contributed by atoms with van der Waals surface area (Å²) in [6.45, 7) is 1.93. The third-order valence-corrected chi connectivity index (χ3v) is 2.92. The minimum absolute atomic E-state index is 0.0740. The van der Waals surface area contributed by atoms with E-state index in [0.717, 1.165) is 6.07 Å². The third-order valence-electron chi connectivity index (χ3n) is 2.92. The maximum atomic E-state index is 13.8. The van der Waals surface area contributed by atoms with E-state index in [1.807, 2.05) is 0 Å². The quantitative estimate of drug-likeness (QED) is 0.847. The van der Waals surface area contributed by atoms with Crippen molar-refractivity contribution in [3.63, 3.8) is 0 Å². The van der Waals surface area contributed by atoms with Crippen LogP contribution in [0.1, 0.15) is 17.3 Å². The van der Waals surface area contributed by atoms with Gasteiger partial charge in [0.05, 0.1) is 11.3 Å². The second kappa shape index (κ2) is 5.61. The zero-order valence-corrected chi connectivity index (χ0v) is 10.9. The van der Waals surface area contributed by atoms with Gasteiger partial charge in [-0.05, 0) is 37.3 Å². The molecule has 0 unspecified atom stereocenters. The number of anilines is 1. The average Bonchev–Trinajstić information content (AvgIpc) is 2.44. The van der Waals surface area contributed by atoms with E-state index in [1.165, 1.54) is 35.2 Å². The zero-order valence-electron chi connectivity index (χ0n) is 10.9. The lowest BCUT2D eigenvalue weighted by Gasteiger charge is -2.22. The SMILES string of the molecule is CCN(C(=O)c1cc(O)ccc1O)c1ccccc1F. The molecule has 0 bridgehead atoms. The number of rotatable bonds is 3. The van der Waals surface area contributed by atoms with Gasteiger partial charge in [-0.15, -0.1) is 0 Å². The van der Waals surface area contributed by atoms with Crippen molar-refractivity contribution in [3.8, 4) is 11.5 Å². The Morgan fingerprint density at radius 1 is 1.20 bits per heavy atom. The number of phenols is 2. The van der Waals surface area contributed by atoms with Gasteiger partial charge in [0.2, 0.25) is 0 Å². The van der Waals surface area contributed by atoms with Gasteiger partial charge >= 0.3 is 0 Å². The van der Waals surface area contributed by atoms with Gasteiger partial charge in [0, 0.05) is 6.54 Å². The van der Waals surface area contributed by atoms with E-state index in [4.69, 9.17) is 0 Å². The predicted octanol–water partition coefficient (Wildman–Crippen LogP) is 2.90. The fourth-order valence-corrected chi connectivity index (χ4v) is 1.93. The number of hydrogen-bond donors (Lipinski definition) is 2. The van der Waals surface area contributed by atoms with Gasteiger partial charge in [-0.2, -0.15) is 0 Å². The van der Waals surface area contributed by atoms with Crippen LogP contribution in [0.15, 0.2) is 42.5 Å². The Hall–Kier alpha value is -2.56. The first kappa shape index (κ1) is 13.9. The fraction of sp³-hybridized carbons (Fsp3) is 0.133. The summed E-state index contributed by atoms with van der Waals surface area (Å²) in [7, 11) is 0. The molecule has 0 aliphatic heterocycles. The third kappa shape index (κ3) is 2.56. The Morgan fingerprint density at radius 2 is 1.90 bits per heavy atom. The van der Waals surface area contributed by atoms with Crippen molar-refractivity contribution in [1.29, 1.82) is 0 Å². The summed E-state index contributed by atoms with van der Waals surface area (Å²) in [5.41, 5.74) is 0.0536. The molecular weight excluding hydrogens is 261 g/mol. The summed E-state index contributed by atoms with van der Waals surface area (Å²) in [5.74, 6) is -1.51. The van der Waals surface area contributed by atoms with E-state index in [1.54, 1.807) is 13.0 Å². The van der Waals surface area contributed by atoms with E-state index in [-0.39, 0.29) is 29.3 Å². The molecule has 5 heteroatoms. The summed E-state index contributed by atoms with van der Waals surface area (Å²) in [6, 6.07) is 9.54. The van der Waals surface area contributed by atoms with Gasteiger partial charge in [-0.1, -0.05) is 12.1 Å². The minimum Gasteiger partial charge on any atom is -0.508 e. The van der Waals surface area contributed by atoms with E-state index >= 15 is 0 Å². The molecule has 0 atom stereocenters. The molecule has 2 N–H and O–H groups in total. The number of benzene rings is 2. The normalized spacial score (nSPS) is 10.3. The molecule has 0 aliphatic carbocycles. The monoisotopic (exact) mass is 275 g/mol. The van der Waals surface area contributed by atoms with Crippen molar-refractivity contribution >= 4 is 11.6 Å². The predicted molar refractivity (Wildman–Crippen MR) is 73.5 cm³/mol. The zero-order chi connectivity index (χ0) is 14.7. The lowest BCUT2D eigenvalue weighted by Crippen LogP contribution is -2.31. The molecule has 0 saturated heterocycles. The van der Waals surface area contributed by atoms with Crippen LogP contribution < -0.4 is 4.90 Å². The number of nitrogens with zero attached hydrogens (tertiary/aromatic N) is 1. The fourth-order valence-electron chi connectivity index (χ4n) is 1.93. The van der Waals surface area contributed by atoms with Crippen molar-refractivity contribution in [3.05, 3.63) is 53.8 Å². The van der Waals surface area contributed by atoms with Gasteiger partial charge < -0.3 is 15.1 Å². The first-order valence-electron chi connectivity index (χ1n) is 6.13. The van der Waals surface area contributed by atoms with Crippen molar-refractivity contribution < 1.29 is 19.4 Å². The molecule has 0 radical (unpaired) electrons. The van der Waals surface area contributed by atoms with Crippen molar-refractivity contribution in [1.82, 2.24) is 0 Å². The lowest BCUT2D eigenvalue weighted by atomic mass is 10.1. The first-order valence-corrected chi connectivity index (χ1v) is 6.13. The molecule has 2 rings (SSSR count). The van der Waals surface area contributed by atoms with Crippen molar-refractivity contribution in [2.45, 2.75) is 6.92 Å². The number of carbonyl (C=O) groups is 1.